The number of aromatic nitrogens is 2. The summed E-state index contributed by atoms with van der Waals surface area (Å²) in [7, 11) is 0. The third-order valence-corrected chi connectivity index (χ3v) is 3.73. The SMILES string of the molecule is O=C1Nc2ccc(Nc3cc(-c4ccc(O)cc4)[nH]n3)cc2CO1. The standard InChI is InChI=1S/C17H14N4O3/c22-13-4-1-10(2-5-13)15-8-16(21-20-15)18-12-3-6-14-11(7-12)9-24-17(23)19-14/h1-8,22H,9H2,(H,19,23)(H2,18,20,21). The highest BCUT2D eigenvalue weighted by Gasteiger charge is 2.15. The molecule has 2 aromatic carbocycles. The molecule has 1 aliphatic heterocycles. The molecular weight excluding hydrogens is 308 g/mol. The number of phenols is 1. The zero-order valence-electron chi connectivity index (χ0n) is 12.5. The van der Waals surface area contributed by atoms with Crippen LogP contribution < -0.4 is 10.6 Å². The minimum atomic E-state index is -0.436. The molecular formula is C17H14N4O3. The quantitative estimate of drug-likeness (QED) is 0.590. The fraction of sp³-hybridized carbons (Fsp3) is 0.0588. The highest BCUT2D eigenvalue weighted by molar-refractivity contribution is 5.88. The number of nitrogens with one attached hydrogen (secondary N) is 3. The van der Waals surface area contributed by atoms with E-state index in [1.165, 1.54) is 0 Å². The fourth-order valence-electron chi connectivity index (χ4n) is 2.52. The molecule has 1 aliphatic rings. The second-order valence-corrected chi connectivity index (χ2v) is 5.41. The second-order valence-electron chi connectivity index (χ2n) is 5.41. The number of cyclic esters (lactones) is 1. The maximum Gasteiger partial charge on any atom is 0.411 e. The number of hydrogen-bond acceptors (Lipinski definition) is 5. The predicted molar refractivity (Wildman–Crippen MR) is 89.2 cm³/mol. The molecule has 2 heterocycles. The highest BCUT2D eigenvalue weighted by atomic mass is 16.5. The van der Waals surface area contributed by atoms with Gasteiger partial charge >= 0.3 is 6.09 Å². The van der Waals surface area contributed by atoms with Gasteiger partial charge in [-0.25, -0.2) is 4.79 Å². The first kappa shape index (κ1) is 14.1. The van der Waals surface area contributed by atoms with Crippen LogP contribution in [0.5, 0.6) is 5.75 Å². The number of phenolic OH excluding ortho intramolecular Hbond substituents is 1. The molecule has 0 unspecified atom stereocenters. The highest BCUT2D eigenvalue weighted by Crippen LogP contribution is 2.28. The van der Waals surface area contributed by atoms with Gasteiger partial charge in [0.15, 0.2) is 5.82 Å². The van der Waals surface area contributed by atoms with E-state index in [4.69, 9.17) is 4.74 Å². The fourth-order valence-corrected chi connectivity index (χ4v) is 2.52. The van der Waals surface area contributed by atoms with Crippen molar-refractivity contribution in [2.45, 2.75) is 6.61 Å². The Bertz CT molecular complexity index is 902. The molecule has 0 saturated carbocycles. The average molecular weight is 322 g/mol. The lowest BCUT2D eigenvalue weighted by atomic mass is 10.1. The third kappa shape index (κ3) is 2.74. The van der Waals surface area contributed by atoms with Crippen molar-refractivity contribution in [3.8, 4) is 17.0 Å². The molecule has 120 valence electrons. The Morgan fingerprint density at radius 2 is 1.96 bits per heavy atom. The summed E-state index contributed by atoms with van der Waals surface area (Å²) in [5.74, 6) is 0.888. The van der Waals surface area contributed by atoms with Crippen LogP contribution in [0.4, 0.5) is 22.0 Å². The van der Waals surface area contributed by atoms with Gasteiger partial charge in [-0.15, -0.1) is 0 Å². The molecule has 0 atom stereocenters. The first-order valence-electron chi connectivity index (χ1n) is 7.36. The first-order valence-corrected chi connectivity index (χ1v) is 7.36. The largest absolute Gasteiger partial charge is 0.508 e. The van der Waals surface area contributed by atoms with Crippen LogP contribution in [0, 0.1) is 0 Å². The Balaban J connectivity index is 1.54. The molecule has 3 aromatic rings. The number of fused-ring (bicyclic) bond motifs is 1. The van der Waals surface area contributed by atoms with Crippen molar-refractivity contribution in [1.29, 1.82) is 0 Å². The lowest BCUT2D eigenvalue weighted by molar-refractivity contribution is 0.151. The van der Waals surface area contributed by atoms with Crippen LogP contribution in [0.15, 0.2) is 48.5 Å². The maximum atomic E-state index is 11.2. The third-order valence-electron chi connectivity index (χ3n) is 3.73. The van der Waals surface area contributed by atoms with Gasteiger partial charge in [0.25, 0.3) is 0 Å². The van der Waals surface area contributed by atoms with Crippen molar-refractivity contribution in [2.24, 2.45) is 0 Å². The number of aromatic hydroxyl groups is 1. The number of carbonyl (C=O) groups excluding carboxylic acids is 1. The van der Waals surface area contributed by atoms with Crippen LogP contribution in [-0.4, -0.2) is 21.4 Å². The van der Waals surface area contributed by atoms with Gasteiger partial charge in [-0.3, -0.25) is 10.4 Å². The number of rotatable bonds is 3. The van der Waals surface area contributed by atoms with Crippen LogP contribution in [0.25, 0.3) is 11.3 Å². The molecule has 1 amide bonds. The number of carbonyl (C=O) groups is 1. The lowest BCUT2D eigenvalue weighted by Crippen LogP contribution is -2.20. The van der Waals surface area contributed by atoms with Crippen LogP contribution in [0.1, 0.15) is 5.56 Å². The summed E-state index contributed by atoms with van der Waals surface area (Å²) in [5.41, 5.74) is 4.26. The van der Waals surface area contributed by atoms with Crippen molar-refractivity contribution in [3.63, 3.8) is 0 Å². The van der Waals surface area contributed by atoms with Crippen molar-refractivity contribution >= 4 is 23.3 Å². The van der Waals surface area contributed by atoms with Crippen LogP contribution in [0.2, 0.25) is 0 Å². The van der Waals surface area contributed by atoms with Gasteiger partial charge in [0.1, 0.15) is 12.4 Å². The molecule has 4 N–H and O–H groups in total. The van der Waals surface area contributed by atoms with Crippen molar-refractivity contribution < 1.29 is 14.6 Å². The lowest BCUT2D eigenvalue weighted by Gasteiger charge is -2.18. The zero-order chi connectivity index (χ0) is 16.5. The first-order chi connectivity index (χ1) is 11.7. The predicted octanol–water partition coefficient (Wildman–Crippen LogP) is 3.59. The smallest absolute Gasteiger partial charge is 0.411 e. The molecule has 1 aromatic heterocycles. The normalized spacial score (nSPS) is 12.9. The molecule has 0 saturated heterocycles. The number of hydrogen-bond donors (Lipinski definition) is 4. The number of aromatic amines is 1. The number of ether oxygens (including phenoxy) is 1. The van der Waals surface area contributed by atoms with Crippen LogP contribution in [0.3, 0.4) is 0 Å². The van der Waals surface area contributed by atoms with Crippen LogP contribution in [-0.2, 0) is 11.3 Å². The van der Waals surface area contributed by atoms with Gasteiger partial charge < -0.3 is 15.2 Å². The topological polar surface area (TPSA) is 99.3 Å². The summed E-state index contributed by atoms with van der Waals surface area (Å²) < 4.78 is 4.96. The molecule has 7 nitrogen and oxygen atoms in total. The van der Waals surface area contributed by atoms with E-state index in [0.717, 1.165) is 28.2 Å². The molecule has 7 heteroatoms. The Labute approximate surface area is 137 Å². The Hall–Kier alpha value is -3.48. The van der Waals surface area contributed by atoms with Crippen molar-refractivity contribution in [3.05, 3.63) is 54.1 Å². The summed E-state index contributed by atoms with van der Waals surface area (Å²) in [6, 6.07) is 14.3. The number of H-pyrrole nitrogens is 1. The number of nitrogens with zero attached hydrogens (tertiary/aromatic N) is 1. The second kappa shape index (κ2) is 5.62. The van der Waals surface area contributed by atoms with E-state index in [0.29, 0.717) is 5.82 Å². The van der Waals surface area contributed by atoms with Gasteiger partial charge in [0, 0.05) is 17.3 Å². The summed E-state index contributed by atoms with van der Waals surface area (Å²) in [4.78, 5) is 11.2. The van der Waals surface area contributed by atoms with Gasteiger partial charge in [-0.1, -0.05) is 0 Å². The average Bonchev–Trinajstić information content (AvgIpc) is 3.04. The number of amides is 1. The zero-order valence-corrected chi connectivity index (χ0v) is 12.5. The van der Waals surface area contributed by atoms with Gasteiger partial charge in [0.05, 0.1) is 11.4 Å². The summed E-state index contributed by atoms with van der Waals surface area (Å²) >= 11 is 0. The summed E-state index contributed by atoms with van der Waals surface area (Å²) in [6.45, 7) is 0.246. The van der Waals surface area contributed by atoms with Gasteiger partial charge in [0.2, 0.25) is 0 Å². The maximum absolute atomic E-state index is 11.2. The van der Waals surface area contributed by atoms with E-state index in [1.807, 2.05) is 36.4 Å². The minimum absolute atomic E-state index is 0.222. The molecule has 0 fully saturated rings. The monoisotopic (exact) mass is 322 g/mol. The van der Waals surface area contributed by atoms with E-state index in [-0.39, 0.29) is 12.4 Å². The minimum Gasteiger partial charge on any atom is -0.508 e. The van der Waals surface area contributed by atoms with Crippen molar-refractivity contribution in [2.75, 3.05) is 10.6 Å². The van der Waals surface area contributed by atoms with Crippen LogP contribution >= 0.6 is 0 Å². The van der Waals surface area contributed by atoms with E-state index in [9.17, 15) is 9.90 Å². The molecule has 0 radical (unpaired) electrons. The summed E-state index contributed by atoms with van der Waals surface area (Å²) in [5, 5.41) is 22.4. The number of benzene rings is 2. The molecule has 0 bridgehead atoms. The molecule has 24 heavy (non-hydrogen) atoms. The van der Waals surface area contributed by atoms with Gasteiger partial charge in [-0.05, 0) is 48.0 Å². The number of anilines is 3. The van der Waals surface area contributed by atoms with E-state index >= 15 is 0 Å². The van der Waals surface area contributed by atoms with Gasteiger partial charge in [-0.2, -0.15) is 5.10 Å². The van der Waals surface area contributed by atoms with Crippen molar-refractivity contribution in [1.82, 2.24) is 10.2 Å². The van der Waals surface area contributed by atoms with E-state index in [2.05, 4.69) is 20.8 Å². The Morgan fingerprint density at radius 1 is 1.12 bits per heavy atom. The Morgan fingerprint density at radius 3 is 2.79 bits per heavy atom. The van der Waals surface area contributed by atoms with E-state index < -0.39 is 6.09 Å². The summed E-state index contributed by atoms with van der Waals surface area (Å²) in [6.07, 6.45) is -0.436. The molecule has 0 spiro atoms. The Kier molecular flexibility index (Phi) is 3.31. The van der Waals surface area contributed by atoms with E-state index in [1.54, 1.807) is 12.1 Å². The molecule has 0 aliphatic carbocycles. The molecule has 4 rings (SSSR count).